The number of hydrogen-bond donors (Lipinski definition) is 2. The third-order valence-electron chi connectivity index (χ3n) is 3.46. The van der Waals surface area contributed by atoms with Crippen molar-refractivity contribution in [1.82, 2.24) is 0 Å². The molecule has 1 unspecified atom stereocenters. The van der Waals surface area contributed by atoms with Crippen LogP contribution in [0.4, 0.5) is 0 Å². The third kappa shape index (κ3) is 3.16. The maximum absolute atomic E-state index is 10.9. The molecule has 1 fully saturated rings. The quantitative estimate of drug-likeness (QED) is 0.873. The van der Waals surface area contributed by atoms with Crippen LogP contribution in [0.5, 0.6) is 11.5 Å². The molecule has 0 saturated heterocycles. The number of nitrogens with two attached hydrogens (primary N) is 1. The van der Waals surface area contributed by atoms with Gasteiger partial charge in [0, 0.05) is 0 Å². The average molecular weight is 300 g/mol. The smallest absolute Gasteiger partial charge is 0.325 e. The van der Waals surface area contributed by atoms with E-state index in [0.717, 1.165) is 25.7 Å². The van der Waals surface area contributed by atoms with Crippen LogP contribution in [0.1, 0.15) is 37.3 Å². The van der Waals surface area contributed by atoms with E-state index >= 15 is 0 Å². The van der Waals surface area contributed by atoms with Crippen LogP contribution in [0.3, 0.4) is 0 Å². The summed E-state index contributed by atoms with van der Waals surface area (Å²) in [5, 5.41) is 9.27. The number of carbonyl (C=O) groups is 1. The number of aliphatic carboxylic acids is 1. The average Bonchev–Trinajstić information content (AvgIpc) is 2.92. The molecule has 1 aromatic rings. The van der Waals surface area contributed by atoms with E-state index in [2.05, 4.69) is 0 Å². The fraction of sp³-hybridized carbons (Fsp3) is 0.500. The van der Waals surface area contributed by atoms with Crippen molar-refractivity contribution in [3.05, 3.63) is 22.7 Å². The number of methoxy groups -OCH3 is 1. The van der Waals surface area contributed by atoms with Gasteiger partial charge in [0.1, 0.15) is 6.04 Å². The molecule has 0 aromatic heterocycles. The van der Waals surface area contributed by atoms with E-state index < -0.39 is 12.0 Å². The topological polar surface area (TPSA) is 81.8 Å². The minimum Gasteiger partial charge on any atom is -0.493 e. The highest BCUT2D eigenvalue weighted by molar-refractivity contribution is 6.32. The molecule has 1 saturated carbocycles. The first kappa shape index (κ1) is 14.9. The molecule has 0 aliphatic heterocycles. The summed E-state index contributed by atoms with van der Waals surface area (Å²) in [5.74, 6) is -0.244. The maximum atomic E-state index is 10.9. The van der Waals surface area contributed by atoms with Crippen molar-refractivity contribution in [3.63, 3.8) is 0 Å². The van der Waals surface area contributed by atoms with Crippen LogP contribution in [0.15, 0.2) is 12.1 Å². The largest absolute Gasteiger partial charge is 0.493 e. The zero-order chi connectivity index (χ0) is 14.7. The number of hydrogen-bond acceptors (Lipinski definition) is 4. The van der Waals surface area contributed by atoms with E-state index in [1.165, 1.54) is 13.2 Å². The van der Waals surface area contributed by atoms with Gasteiger partial charge < -0.3 is 20.3 Å². The molecule has 0 amide bonds. The minimum atomic E-state index is -1.14. The number of halogens is 1. The number of rotatable bonds is 5. The van der Waals surface area contributed by atoms with E-state index in [4.69, 9.17) is 31.9 Å². The second-order valence-corrected chi connectivity index (χ2v) is 5.28. The summed E-state index contributed by atoms with van der Waals surface area (Å²) in [7, 11) is 1.49. The van der Waals surface area contributed by atoms with Gasteiger partial charge in [0.2, 0.25) is 0 Å². The molecule has 6 heteroatoms. The standard InChI is InChI=1S/C14H18ClNO4/c1-19-11-7-8(12(16)14(17)18)6-10(15)13(11)20-9-4-2-3-5-9/h6-7,9,12H,2-5,16H2,1H3,(H,17,18). The molecular formula is C14H18ClNO4. The molecule has 110 valence electrons. The molecule has 1 aromatic carbocycles. The molecule has 1 aliphatic carbocycles. The highest BCUT2D eigenvalue weighted by Gasteiger charge is 2.23. The van der Waals surface area contributed by atoms with Gasteiger partial charge in [-0.25, -0.2) is 0 Å². The Bertz CT molecular complexity index is 500. The Kier molecular flexibility index (Phi) is 4.73. The lowest BCUT2D eigenvalue weighted by Gasteiger charge is -2.19. The zero-order valence-electron chi connectivity index (χ0n) is 11.3. The van der Waals surface area contributed by atoms with E-state index in [0.29, 0.717) is 22.1 Å². The lowest BCUT2D eigenvalue weighted by Crippen LogP contribution is -2.21. The Morgan fingerprint density at radius 1 is 1.45 bits per heavy atom. The second-order valence-electron chi connectivity index (χ2n) is 4.87. The molecule has 20 heavy (non-hydrogen) atoms. The molecule has 5 nitrogen and oxygen atoms in total. The number of ether oxygens (including phenoxy) is 2. The SMILES string of the molecule is COc1cc(C(N)C(=O)O)cc(Cl)c1OC1CCCC1. The molecule has 1 aliphatic rings. The van der Waals surface area contributed by atoms with E-state index in [1.807, 2.05) is 0 Å². The predicted octanol–water partition coefficient (Wildman–Crippen LogP) is 2.75. The molecule has 1 atom stereocenters. The summed E-state index contributed by atoms with van der Waals surface area (Å²) >= 11 is 6.19. The molecule has 3 N–H and O–H groups in total. The highest BCUT2D eigenvalue weighted by Crippen LogP contribution is 2.39. The van der Waals surface area contributed by atoms with Gasteiger partial charge in [-0.2, -0.15) is 0 Å². The number of benzene rings is 1. The number of carboxylic acids is 1. The highest BCUT2D eigenvalue weighted by atomic mass is 35.5. The maximum Gasteiger partial charge on any atom is 0.325 e. The van der Waals surface area contributed by atoms with Crippen LogP contribution in [-0.4, -0.2) is 24.3 Å². The van der Waals surface area contributed by atoms with Crippen LogP contribution in [0.25, 0.3) is 0 Å². The van der Waals surface area contributed by atoms with Crippen molar-refractivity contribution >= 4 is 17.6 Å². The fourth-order valence-corrected chi connectivity index (χ4v) is 2.61. The van der Waals surface area contributed by atoms with Gasteiger partial charge >= 0.3 is 5.97 Å². The lowest BCUT2D eigenvalue weighted by molar-refractivity contribution is -0.138. The number of carboxylic acid groups (broad SMARTS) is 1. The molecular weight excluding hydrogens is 282 g/mol. The zero-order valence-corrected chi connectivity index (χ0v) is 12.0. The van der Waals surface area contributed by atoms with Crippen molar-refractivity contribution in [3.8, 4) is 11.5 Å². The predicted molar refractivity (Wildman–Crippen MR) is 75.5 cm³/mol. The first-order chi connectivity index (χ1) is 9.52. The van der Waals surface area contributed by atoms with E-state index in [9.17, 15) is 4.79 Å². The molecule has 0 heterocycles. The summed E-state index contributed by atoms with van der Waals surface area (Å²) in [6.45, 7) is 0. The Labute approximate surface area is 122 Å². The van der Waals surface area contributed by atoms with E-state index in [1.54, 1.807) is 6.07 Å². The van der Waals surface area contributed by atoms with Crippen molar-refractivity contribution in [2.45, 2.75) is 37.8 Å². The van der Waals surface area contributed by atoms with Gasteiger partial charge in [-0.05, 0) is 43.4 Å². The molecule has 2 rings (SSSR count). The Morgan fingerprint density at radius 2 is 2.10 bits per heavy atom. The summed E-state index contributed by atoms with van der Waals surface area (Å²) in [4.78, 5) is 10.9. The van der Waals surface area contributed by atoms with Gasteiger partial charge in [0.15, 0.2) is 11.5 Å². The van der Waals surface area contributed by atoms with Gasteiger partial charge in [0.25, 0.3) is 0 Å². The molecule has 0 spiro atoms. The monoisotopic (exact) mass is 299 g/mol. The lowest BCUT2D eigenvalue weighted by atomic mass is 10.1. The van der Waals surface area contributed by atoms with Crippen LogP contribution >= 0.6 is 11.6 Å². The summed E-state index contributed by atoms with van der Waals surface area (Å²) in [6.07, 6.45) is 4.42. The summed E-state index contributed by atoms with van der Waals surface area (Å²) in [6, 6.07) is 1.95. The van der Waals surface area contributed by atoms with Crippen LogP contribution in [0.2, 0.25) is 5.02 Å². The van der Waals surface area contributed by atoms with Crippen molar-refractivity contribution in [2.24, 2.45) is 5.73 Å². The second kappa shape index (κ2) is 6.33. The van der Waals surface area contributed by atoms with Crippen molar-refractivity contribution in [1.29, 1.82) is 0 Å². The van der Waals surface area contributed by atoms with Crippen molar-refractivity contribution < 1.29 is 19.4 Å². The normalized spacial score (nSPS) is 16.9. The Balaban J connectivity index is 2.30. The van der Waals surface area contributed by atoms with Gasteiger partial charge in [-0.15, -0.1) is 0 Å². The Hall–Kier alpha value is -1.46. The molecule has 0 radical (unpaired) electrons. The van der Waals surface area contributed by atoms with E-state index in [-0.39, 0.29) is 6.10 Å². The fourth-order valence-electron chi connectivity index (χ4n) is 2.35. The van der Waals surface area contributed by atoms with Crippen LogP contribution in [0, 0.1) is 0 Å². The third-order valence-corrected chi connectivity index (χ3v) is 3.74. The van der Waals surface area contributed by atoms with Gasteiger partial charge in [-0.1, -0.05) is 11.6 Å². The molecule has 0 bridgehead atoms. The first-order valence-electron chi connectivity index (χ1n) is 6.55. The summed E-state index contributed by atoms with van der Waals surface area (Å²) < 4.78 is 11.1. The minimum absolute atomic E-state index is 0.139. The van der Waals surface area contributed by atoms with Crippen LogP contribution in [-0.2, 0) is 4.79 Å². The van der Waals surface area contributed by atoms with Crippen LogP contribution < -0.4 is 15.2 Å². The summed E-state index contributed by atoms with van der Waals surface area (Å²) in [5.41, 5.74) is 5.98. The first-order valence-corrected chi connectivity index (χ1v) is 6.93. The van der Waals surface area contributed by atoms with Gasteiger partial charge in [0.05, 0.1) is 18.2 Å². The Morgan fingerprint density at radius 3 is 2.65 bits per heavy atom. The van der Waals surface area contributed by atoms with Crippen molar-refractivity contribution in [2.75, 3.05) is 7.11 Å². The van der Waals surface area contributed by atoms with Gasteiger partial charge in [-0.3, -0.25) is 4.79 Å².